The summed E-state index contributed by atoms with van der Waals surface area (Å²) in [4.78, 5) is 0. The SMILES string of the molecule is Cn1cnnc1CNC1CCCc2ccccc21. The number of aromatic nitrogens is 3. The minimum atomic E-state index is 0.451. The third-order valence-corrected chi connectivity index (χ3v) is 3.68. The zero-order valence-corrected chi connectivity index (χ0v) is 10.6. The molecule has 0 saturated heterocycles. The molecule has 2 aromatic rings. The lowest BCUT2D eigenvalue weighted by Crippen LogP contribution is -2.25. The lowest BCUT2D eigenvalue weighted by molar-refractivity contribution is 0.449. The van der Waals surface area contributed by atoms with Crippen molar-refractivity contribution in [3.8, 4) is 0 Å². The molecule has 1 aliphatic rings. The van der Waals surface area contributed by atoms with Gasteiger partial charge in [0.1, 0.15) is 12.2 Å². The first-order valence-corrected chi connectivity index (χ1v) is 6.48. The van der Waals surface area contributed by atoms with Gasteiger partial charge in [-0.2, -0.15) is 0 Å². The Morgan fingerprint density at radius 2 is 2.28 bits per heavy atom. The zero-order chi connectivity index (χ0) is 12.4. The Morgan fingerprint density at radius 1 is 1.39 bits per heavy atom. The van der Waals surface area contributed by atoms with Gasteiger partial charge in [0.15, 0.2) is 0 Å². The first kappa shape index (κ1) is 11.4. The lowest BCUT2D eigenvalue weighted by atomic mass is 9.88. The summed E-state index contributed by atoms with van der Waals surface area (Å²) in [7, 11) is 1.98. The molecule has 1 aromatic carbocycles. The quantitative estimate of drug-likeness (QED) is 0.895. The number of hydrogen-bond acceptors (Lipinski definition) is 3. The Balaban J connectivity index is 1.73. The predicted molar refractivity (Wildman–Crippen MR) is 70.0 cm³/mol. The van der Waals surface area contributed by atoms with Crippen molar-refractivity contribution in [3.63, 3.8) is 0 Å². The van der Waals surface area contributed by atoms with Gasteiger partial charge in [0.25, 0.3) is 0 Å². The van der Waals surface area contributed by atoms with Crippen LogP contribution in [0.15, 0.2) is 30.6 Å². The van der Waals surface area contributed by atoms with Gasteiger partial charge < -0.3 is 9.88 Å². The first-order chi connectivity index (χ1) is 8.84. The van der Waals surface area contributed by atoms with Crippen LogP contribution < -0.4 is 5.32 Å². The number of nitrogens with one attached hydrogen (secondary N) is 1. The van der Waals surface area contributed by atoms with Crippen LogP contribution in [0.25, 0.3) is 0 Å². The molecule has 0 spiro atoms. The van der Waals surface area contributed by atoms with Crippen molar-refractivity contribution in [3.05, 3.63) is 47.5 Å². The summed E-state index contributed by atoms with van der Waals surface area (Å²) in [5.74, 6) is 0.984. The van der Waals surface area contributed by atoms with E-state index in [9.17, 15) is 0 Å². The van der Waals surface area contributed by atoms with Crippen molar-refractivity contribution < 1.29 is 0 Å². The molecule has 3 rings (SSSR count). The van der Waals surface area contributed by atoms with E-state index in [0.29, 0.717) is 6.04 Å². The van der Waals surface area contributed by atoms with Gasteiger partial charge in [-0.15, -0.1) is 10.2 Å². The Hall–Kier alpha value is -1.68. The second kappa shape index (κ2) is 4.90. The van der Waals surface area contributed by atoms with Crippen LogP contribution in [-0.2, 0) is 20.0 Å². The van der Waals surface area contributed by atoms with E-state index in [4.69, 9.17) is 0 Å². The van der Waals surface area contributed by atoms with Gasteiger partial charge in [0, 0.05) is 13.1 Å². The summed E-state index contributed by atoms with van der Waals surface area (Å²) < 4.78 is 1.96. The fourth-order valence-corrected chi connectivity index (χ4v) is 2.65. The molecule has 18 heavy (non-hydrogen) atoms. The minimum absolute atomic E-state index is 0.451. The van der Waals surface area contributed by atoms with Crippen molar-refractivity contribution in [2.45, 2.75) is 31.8 Å². The molecule has 94 valence electrons. The molecule has 0 aliphatic heterocycles. The summed E-state index contributed by atoms with van der Waals surface area (Å²) >= 11 is 0. The Kier molecular flexibility index (Phi) is 3.11. The van der Waals surface area contributed by atoms with Crippen molar-refractivity contribution in [2.75, 3.05) is 0 Å². The third kappa shape index (κ3) is 2.16. The van der Waals surface area contributed by atoms with E-state index in [1.54, 1.807) is 6.33 Å². The van der Waals surface area contributed by atoms with Crippen molar-refractivity contribution in [2.24, 2.45) is 7.05 Å². The van der Waals surface area contributed by atoms with Crippen LogP contribution in [0.5, 0.6) is 0 Å². The van der Waals surface area contributed by atoms with Crippen molar-refractivity contribution >= 4 is 0 Å². The fourth-order valence-electron chi connectivity index (χ4n) is 2.65. The average molecular weight is 242 g/mol. The Morgan fingerprint density at radius 3 is 3.11 bits per heavy atom. The number of fused-ring (bicyclic) bond motifs is 1. The molecule has 0 radical (unpaired) electrons. The molecule has 0 amide bonds. The second-order valence-corrected chi connectivity index (χ2v) is 4.88. The van der Waals surface area contributed by atoms with Gasteiger partial charge >= 0.3 is 0 Å². The fraction of sp³-hybridized carbons (Fsp3) is 0.429. The monoisotopic (exact) mass is 242 g/mol. The van der Waals surface area contributed by atoms with Crippen LogP contribution in [0.4, 0.5) is 0 Å². The number of rotatable bonds is 3. The highest BCUT2D eigenvalue weighted by Gasteiger charge is 2.19. The summed E-state index contributed by atoms with van der Waals surface area (Å²) in [5, 5.41) is 11.6. The molecule has 0 fully saturated rings. The average Bonchev–Trinajstić information content (AvgIpc) is 2.82. The third-order valence-electron chi connectivity index (χ3n) is 3.68. The predicted octanol–water partition coefficient (Wildman–Crippen LogP) is 1.98. The van der Waals surface area contributed by atoms with Gasteiger partial charge in [-0.05, 0) is 30.4 Å². The highest BCUT2D eigenvalue weighted by Crippen LogP contribution is 2.29. The maximum absolute atomic E-state index is 4.11. The van der Waals surface area contributed by atoms with Gasteiger partial charge in [0.2, 0.25) is 0 Å². The van der Waals surface area contributed by atoms with E-state index in [0.717, 1.165) is 12.4 Å². The topological polar surface area (TPSA) is 42.7 Å². The van der Waals surface area contributed by atoms with Gasteiger partial charge in [-0.1, -0.05) is 24.3 Å². The van der Waals surface area contributed by atoms with E-state index in [-0.39, 0.29) is 0 Å². The molecule has 1 aliphatic carbocycles. The molecular weight excluding hydrogens is 224 g/mol. The number of hydrogen-bond donors (Lipinski definition) is 1. The maximum atomic E-state index is 4.11. The second-order valence-electron chi connectivity index (χ2n) is 4.88. The molecule has 1 N–H and O–H groups in total. The van der Waals surface area contributed by atoms with E-state index in [2.05, 4.69) is 39.8 Å². The summed E-state index contributed by atoms with van der Waals surface area (Å²) in [6.07, 6.45) is 5.41. The van der Waals surface area contributed by atoms with Gasteiger partial charge in [-0.3, -0.25) is 0 Å². The molecule has 4 nitrogen and oxygen atoms in total. The number of benzene rings is 1. The van der Waals surface area contributed by atoms with Crippen LogP contribution in [-0.4, -0.2) is 14.8 Å². The van der Waals surface area contributed by atoms with Gasteiger partial charge in [-0.25, -0.2) is 0 Å². The molecular formula is C14H18N4. The van der Waals surface area contributed by atoms with E-state index in [1.807, 2.05) is 11.6 Å². The summed E-state index contributed by atoms with van der Waals surface area (Å²) in [5.41, 5.74) is 2.94. The van der Waals surface area contributed by atoms with Crippen molar-refractivity contribution in [1.29, 1.82) is 0 Å². The van der Waals surface area contributed by atoms with Crippen LogP contribution in [0.2, 0.25) is 0 Å². The van der Waals surface area contributed by atoms with E-state index >= 15 is 0 Å². The molecule has 1 atom stereocenters. The van der Waals surface area contributed by atoms with E-state index in [1.165, 1.54) is 30.4 Å². The smallest absolute Gasteiger partial charge is 0.146 e. The van der Waals surface area contributed by atoms with Crippen LogP contribution >= 0.6 is 0 Å². The molecule has 1 aromatic heterocycles. The minimum Gasteiger partial charge on any atom is -0.320 e. The molecule has 1 unspecified atom stereocenters. The van der Waals surface area contributed by atoms with Gasteiger partial charge in [0.05, 0.1) is 6.54 Å². The largest absolute Gasteiger partial charge is 0.320 e. The van der Waals surface area contributed by atoms with Crippen LogP contribution in [0.3, 0.4) is 0 Å². The summed E-state index contributed by atoms with van der Waals surface area (Å²) in [6.45, 7) is 0.773. The normalized spacial score (nSPS) is 18.6. The highest BCUT2D eigenvalue weighted by molar-refractivity contribution is 5.32. The lowest BCUT2D eigenvalue weighted by Gasteiger charge is -2.26. The highest BCUT2D eigenvalue weighted by atomic mass is 15.3. The molecule has 1 heterocycles. The Bertz CT molecular complexity index is 532. The first-order valence-electron chi connectivity index (χ1n) is 6.48. The Labute approximate surface area is 107 Å². The molecule has 0 saturated carbocycles. The molecule has 4 heteroatoms. The van der Waals surface area contributed by atoms with Crippen LogP contribution in [0, 0.1) is 0 Å². The zero-order valence-electron chi connectivity index (χ0n) is 10.6. The van der Waals surface area contributed by atoms with Crippen LogP contribution in [0.1, 0.15) is 35.8 Å². The van der Waals surface area contributed by atoms with E-state index < -0.39 is 0 Å². The maximum Gasteiger partial charge on any atom is 0.146 e. The van der Waals surface area contributed by atoms with Crippen molar-refractivity contribution in [1.82, 2.24) is 20.1 Å². The summed E-state index contributed by atoms with van der Waals surface area (Å²) in [6, 6.07) is 9.19. The number of aryl methyl sites for hydroxylation is 2. The standard InChI is InChI=1S/C14H18N4/c1-18-10-16-17-14(18)9-15-13-8-4-6-11-5-2-3-7-12(11)13/h2-3,5,7,10,13,15H,4,6,8-9H2,1H3. The number of nitrogens with zero attached hydrogens (tertiary/aromatic N) is 3. The molecule has 0 bridgehead atoms.